The molecule has 0 saturated carbocycles. The average molecular weight is 259 g/mol. The van der Waals surface area contributed by atoms with Gasteiger partial charge >= 0.3 is 5.63 Å². The fraction of sp³-hybridized carbons (Fsp3) is 0.375. The van der Waals surface area contributed by atoms with E-state index in [2.05, 4.69) is 13.8 Å². The van der Waals surface area contributed by atoms with E-state index >= 15 is 0 Å². The van der Waals surface area contributed by atoms with Crippen LogP contribution in [0.15, 0.2) is 39.5 Å². The summed E-state index contributed by atoms with van der Waals surface area (Å²) < 4.78 is 11.0. The van der Waals surface area contributed by atoms with Crippen LogP contribution < -0.4 is 10.4 Å². The van der Waals surface area contributed by atoms with Crippen LogP contribution in [0, 0.1) is 6.92 Å². The van der Waals surface area contributed by atoms with Crippen molar-refractivity contribution in [2.75, 3.05) is 0 Å². The number of benzene rings is 1. The molecule has 3 nitrogen and oxygen atoms in total. The molecule has 2 aromatic rings. The van der Waals surface area contributed by atoms with Crippen molar-refractivity contribution in [2.24, 2.45) is 0 Å². The lowest BCUT2D eigenvalue weighted by Gasteiger charge is -2.14. The van der Waals surface area contributed by atoms with Crippen molar-refractivity contribution in [3.8, 4) is 5.75 Å². The molecule has 2 rings (SSSR count). The van der Waals surface area contributed by atoms with E-state index in [1.54, 1.807) is 12.1 Å². The lowest BCUT2D eigenvalue weighted by atomic mass is 10.1. The van der Waals surface area contributed by atoms with Gasteiger partial charge in [-0.2, -0.15) is 0 Å². The van der Waals surface area contributed by atoms with Crippen LogP contribution in [0.2, 0.25) is 0 Å². The molecule has 19 heavy (non-hydrogen) atoms. The Morgan fingerprint density at radius 3 is 2.84 bits per heavy atom. The van der Waals surface area contributed by atoms with Gasteiger partial charge in [-0.15, -0.1) is 0 Å². The summed E-state index contributed by atoms with van der Waals surface area (Å²) >= 11 is 0. The molecule has 1 atom stereocenters. The second-order valence-corrected chi connectivity index (χ2v) is 4.62. The predicted molar refractivity (Wildman–Crippen MR) is 76.4 cm³/mol. The van der Waals surface area contributed by atoms with Gasteiger partial charge < -0.3 is 9.15 Å². The number of fused-ring (bicyclic) bond motifs is 1. The first-order valence-electron chi connectivity index (χ1n) is 6.72. The van der Waals surface area contributed by atoms with Gasteiger partial charge in [-0.25, -0.2) is 4.79 Å². The molecule has 1 unspecified atom stereocenters. The Balaban J connectivity index is 2.18. The van der Waals surface area contributed by atoms with E-state index in [1.165, 1.54) is 6.07 Å². The molecule has 0 fully saturated rings. The maximum Gasteiger partial charge on any atom is 0.336 e. The van der Waals surface area contributed by atoms with E-state index in [9.17, 15) is 4.79 Å². The first-order valence-corrected chi connectivity index (χ1v) is 6.72. The second-order valence-electron chi connectivity index (χ2n) is 4.62. The normalized spacial score (nSPS) is 12.5. The van der Waals surface area contributed by atoms with Crippen LogP contribution >= 0.6 is 0 Å². The minimum absolute atomic E-state index is 0.118. The molecule has 1 heterocycles. The first kappa shape index (κ1) is 13.5. The molecule has 0 aliphatic heterocycles. The zero-order valence-corrected chi connectivity index (χ0v) is 11.2. The van der Waals surface area contributed by atoms with Crippen LogP contribution in [-0.2, 0) is 0 Å². The first-order chi connectivity index (χ1) is 9.22. The fourth-order valence-electron chi connectivity index (χ4n) is 2.00. The Kier molecular flexibility index (Phi) is 4.50. The summed E-state index contributed by atoms with van der Waals surface area (Å²) in [6.07, 6.45) is 4.12. The molecule has 3 heteroatoms. The van der Waals surface area contributed by atoms with Crippen molar-refractivity contribution in [1.29, 1.82) is 0 Å². The van der Waals surface area contributed by atoms with Gasteiger partial charge in [-0.05, 0) is 31.0 Å². The van der Waals surface area contributed by atoms with Gasteiger partial charge in [0.25, 0.3) is 0 Å². The van der Waals surface area contributed by atoms with Gasteiger partial charge in [0.15, 0.2) is 0 Å². The Bertz CT molecular complexity index is 586. The minimum Gasteiger partial charge on any atom is -0.486 e. The zero-order valence-electron chi connectivity index (χ0n) is 11.2. The predicted octanol–water partition coefficient (Wildman–Crippen LogP) is 3.95. The Hall–Kier alpha value is -1.90. The van der Waals surface area contributed by atoms with E-state index < -0.39 is 0 Å². The van der Waals surface area contributed by atoms with E-state index in [4.69, 9.17) is 9.15 Å². The van der Waals surface area contributed by atoms with Gasteiger partial charge in [0.05, 0.1) is 6.92 Å². The summed E-state index contributed by atoms with van der Waals surface area (Å²) in [5, 5.41) is 0.895. The summed E-state index contributed by atoms with van der Waals surface area (Å²) in [4.78, 5) is 11.2. The molecule has 0 N–H and O–H groups in total. The average Bonchev–Trinajstić information content (AvgIpc) is 2.43. The third kappa shape index (κ3) is 3.53. The van der Waals surface area contributed by atoms with Crippen LogP contribution in [-0.4, -0.2) is 6.10 Å². The summed E-state index contributed by atoms with van der Waals surface area (Å²) in [7, 11) is 0. The highest BCUT2D eigenvalue weighted by Crippen LogP contribution is 2.22. The molecule has 0 amide bonds. The van der Waals surface area contributed by atoms with Crippen LogP contribution in [0.4, 0.5) is 0 Å². The van der Waals surface area contributed by atoms with Gasteiger partial charge in [0, 0.05) is 17.5 Å². The highest BCUT2D eigenvalue weighted by molar-refractivity contribution is 5.77. The maximum atomic E-state index is 11.2. The van der Waals surface area contributed by atoms with Crippen molar-refractivity contribution in [3.63, 3.8) is 0 Å². The number of hydrogen-bond acceptors (Lipinski definition) is 3. The SMILES string of the molecule is [CH2+]CC(CCCC)Oc1ccc2ccc(=O)oc2c1. The van der Waals surface area contributed by atoms with Crippen molar-refractivity contribution in [2.45, 2.75) is 38.7 Å². The Labute approximate surface area is 113 Å². The number of rotatable bonds is 6. The minimum atomic E-state index is -0.343. The maximum absolute atomic E-state index is 11.2. The zero-order chi connectivity index (χ0) is 13.7. The summed E-state index contributed by atoms with van der Waals surface area (Å²) in [5.41, 5.74) is 0.215. The van der Waals surface area contributed by atoms with Gasteiger partial charge in [0.2, 0.25) is 0 Å². The van der Waals surface area contributed by atoms with E-state index in [0.29, 0.717) is 5.58 Å². The van der Waals surface area contributed by atoms with Crippen molar-refractivity contribution in [3.05, 3.63) is 47.7 Å². The standard InChI is InChI=1S/C16H19O3/c1-3-5-6-13(4-2)18-14-9-7-12-8-10-16(17)19-15(12)11-14/h7-11,13H,2-6H2,1H3/q+1. The van der Waals surface area contributed by atoms with Crippen molar-refractivity contribution in [1.82, 2.24) is 0 Å². The molecular weight excluding hydrogens is 240 g/mol. The van der Waals surface area contributed by atoms with Crippen molar-refractivity contribution < 1.29 is 9.15 Å². The smallest absolute Gasteiger partial charge is 0.336 e. The van der Waals surface area contributed by atoms with Crippen LogP contribution in [0.5, 0.6) is 5.75 Å². The van der Waals surface area contributed by atoms with Gasteiger partial charge in [0.1, 0.15) is 23.9 Å². The Morgan fingerprint density at radius 2 is 2.11 bits per heavy atom. The molecule has 1 aromatic heterocycles. The van der Waals surface area contributed by atoms with Crippen LogP contribution in [0.1, 0.15) is 32.6 Å². The topological polar surface area (TPSA) is 39.4 Å². The highest BCUT2D eigenvalue weighted by Gasteiger charge is 2.11. The molecule has 0 saturated heterocycles. The van der Waals surface area contributed by atoms with E-state index in [0.717, 1.165) is 36.8 Å². The summed E-state index contributed by atoms with van der Waals surface area (Å²) in [6, 6.07) is 8.74. The van der Waals surface area contributed by atoms with Gasteiger partial charge in [-0.1, -0.05) is 13.3 Å². The molecule has 0 aliphatic rings. The number of unbranched alkanes of at least 4 members (excludes halogenated alkanes) is 1. The Morgan fingerprint density at radius 1 is 1.32 bits per heavy atom. The molecule has 1 aromatic carbocycles. The molecule has 0 bridgehead atoms. The van der Waals surface area contributed by atoms with E-state index in [1.807, 2.05) is 12.1 Å². The quantitative estimate of drug-likeness (QED) is 0.582. The highest BCUT2D eigenvalue weighted by atomic mass is 16.5. The number of ether oxygens (including phenoxy) is 1. The van der Waals surface area contributed by atoms with E-state index in [-0.39, 0.29) is 11.7 Å². The third-order valence-corrected chi connectivity index (χ3v) is 3.10. The number of hydrogen-bond donors (Lipinski definition) is 0. The van der Waals surface area contributed by atoms with Crippen molar-refractivity contribution >= 4 is 11.0 Å². The van der Waals surface area contributed by atoms with Gasteiger partial charge in [-0.3, -0.25) is 0 Å². The monoisotopic (exact) mass is 259 g/mol. The molecule has 100 valence electrons. The lowest BCUT2D eigenvalue weighted by Crippen LogP contribution is -2.15. The molecule has 0 radical (unpaired) electrons. The molecule has 0 spiro atoms. The molecule has 0 aliphatic carbocycles. The second kappa shape index (κ2) is 6.32. The van der Waals surface area contributed by atoms with Crippen LogP contribution in [0.3, 0.4) is 0 Å². The van der Waals surface area contributed by atoms with Crippen LogP contribution in [0.25, 0.3) is 11.0 Å². The summed E-state index contributed by atoms with van der Waals surface area (Å²) in [5.74, 6) is 0.728. The summed E-state index contributed by atoms with van der Waals surface area (Å²) in [6.45, 7) is 6.07. The molecular formula is C16H19O3+. The lowest BCUT2D eigenvalue weighted by molar-refractivity contribution is 0.190. The largest absolute Gasteiger partial charge is 0.486 e. The third-order valence-electron chi connectivity index (χ3n) is 3.10. The fourth-order valence-corrected chi connectivity index (χ4v) is 2.00.